The van der Waals surface area contributed by atoms with E-state index >= 15 is 0 Å². The minimum absolute atomic E-state index is 0.152. The fourth-order valence-electron chi connectivity index (χ4n) is 1.54. The Morgan fingerprint density at radius 1 is 1.28 bits per heavy atom. The van der Waals surface area contributed by atoms with Crippen molar-refractivity contribution in [1.82, 2.24) is 4.31 Å². The third-order valence-corrected chi connectivity index (χ3v) is 5.21. The molecule has 102 valence electrons. The number of benzene rings is 1. The molecular formula is C12H19FN2O2S. The number of hydrogen-bond acceptors (Lipinski definition) is 3. The number of hydrogen-bond donors (Lipinski definition) is 1. The van der Waals surface area contributed by atoms with Crippen LogP contribution in [0.3, 0.4) is 0 Å². The molecule has 0 amide bonds. The number of nitrogen functional groups attached to an aromatic ring is 1. The van der Waals surface area contributed by atoms with Crippen LogP contribution in [0.2, 0.25) is 0 Å². The summed E-state index contributed by atoms with van der Waals surface area (Å²) < 4.78 is 39.2. The van der Waals surface area contributed by atoms with Gasteiger partial charge in [-0.1, -0.05) is 19.9 Å². The minimum atomic E-state index is -3.77. The first-order valence-electron chi connectivity index (χ1n) is 5.71. The van der Waals surface area contributed by atoms with E-state index in [1.165, 1.54) is 23.5 Å². The molecule has 1 rings (SSSR count). The van der Waals surface area contributed by atoms with Gasteiger partial charge in [0, 0.05) is 13.1 Å². The van der Waals surface area contributed by atoms with Crippen molar-refractivity contribution in [2.24, 2.45) is 5.92 Å². The van der Waals surface area contributed by atoms with Crippen molar-refractivity contribution in [3.63, 3.8) is 0 Å². The summed E-state index contributed by atoms with van der Waals surface area (Å²) >= 11 is 0. The second-order valence-corrected chi connectivity index (χ2v) is 6.62. The van der Waals surface area contributed by atoms with Crippen LogP contribution in [0.5, 0.6) is 0 Å². The highest BCUT2D eigenvalue weighted by atomic mass is 32.2. The second-order valence-electron chi connectivity index (χ2n) is 4.66. The molecule has 1 atom stereocenters. The predicted octanol–water partition coefficient (Wildman–Crippen LogP) is 2.07. The summed E-state index contributed by atoms with van der Waals surface area (Å²) in [6.45, 7) is 5.65. The Kier molecular flexibility index (Phi) is 4.34. The smallest absolute Gasteiger partial charge is 0.245 e. The van der Waals surface area contributed by atoms with Crippen LogP contribution >= 0.6 is 0 Å². The highest BCUT2D eigenvalue weighted by Crippen LogP contribution is 2.26. The molecule has 0 aliphatic rings. The van der Waals surface area contributed by atoms with Gasteiger partial charge in [0.2, 0.25) is 10.0 Å². The maximum atomic E-state index is 13.3. The Hall–Kier alpha value is -1.14. The first kappa shape index (κ1) is 14.9. The summed E-state index contributed by atoms with van der Waals surface area (Å²) in [6, 6.07) is 3.60. The molecule has 0 heterocycles. The molecule has 0 bridgehead atoms. The van der Waals surface area contributed by atoms with Gasteiger partial charge in [0.25, 0.3) is 0 Å². The van der Waals surface area contributed by atoms with Crippen LogP contribution in [0.25, 0.3) is 0 Å². The Labute approximate surface area is 108 Å². The van der Waals surface area contributed by atoms with Crippen LogP contribution in [0, 0.1) is 11.7 Å². The normalized spacial score (nSPS) is 14.2. The standard InChI is InChI=1S/C12H19FN2O2S/c1-8(2)9(3)15(4)18(16,17)11-7-5-6-10(13)12(11)14/h5-9H,14H2,1-4H3. The molecule has 18 heavy (non-hydrogen) atoms. The maximum absolute atomic E-state index is 13.3. The molecule has 0 aliphatic carbocycles. The molecule has 0 saturated carbocycles. The molecule has 0 saturated heterocycles. The lowest BCUT2D eigenvalue weighted by Gasteiger charge is -2.27. The van der Waals surface area contributed by atoms with E-state index in [1.54, 1.807) is 6.92 Å². The first-order valence-corrected chi connectivity index (χ1v) is 7.15. The van der Waals surface area contributed by atoms with Crippen LogP contribution in [-0.2, 0) is 10.0 Å². The number of nitrogens with zero attached hydrogens (tertiary/aromatic N) is 1. The van der Waals surface area contributed by atoms with Gasteiger partial charge >= 0.3 is 0 Å². The van der Waals surface area contributed by atoms with Gasteiger partial charge in [-0.15, -0.1) is 0 Å². The van der Waals surface area contributed by atoms with Crippen molar-refractivity contribution >= 4 is 15.7 Å². The molecule has 0 aromatic heterocycles. The van der Waals surface area contributed by atoms with Gasteiger partial charge < -0.3 is 5.73 Å². The Bertz CT molecular complexity index is 529. The molecule has 0 spiro atoms. The number of para-hydroxylation sites is 1. The molecule has 0 aliphatic heterocycles. The van der Waals surface area contributed by atoms with Gasteiger partial charge in [0.05, 0.1) is 5.69 Å². The molecule has 0 radical (unpaired) electrons. The van der Waals surface area contributed by atoms with Gasteiger partial charge in [0.1, 0.15) is 10.7 Å². The topological polar surface area (TPSA) is 63.4 Å². The summed E-state index contributed by atoms with van der Waals surface area (Å²) in [6.07, 6.45) is 0. The second kappa shape index (κ2) is 5.24. The molecule has 1 aromatic carbocycles. The van der Waals surface area contributed by atoms with Crippen molar-refractivity contribution in [1.29, 1.82) is 0 Å². The van der Waals surface area contributed by atoms with Gasteiger partial charge in [-0.3, -0.25) is 0 Å². The monoisotopic (exact) mass is 274 g/mol. The van der Waals surface area contributed by atoms with E-state index in [2.05, 4.69) is 0 Å². The van der Waals surface area contributed by atoms with Gasteiger partial charge in [0.15, 0.2) is 0 Å². The Morgan fingerprint density at radius 3 is 2.33 bits per heavy atom. The molecule has 4 nitrogen and oxygen atoms in total. The third kappa shape index (κ3) is 2.64. The van der Waals surface area contributed by atoms with E-state index in [4.69, 9.17) is 5.73 Å². The van der Waals surface area contributed by atoms with E-state index in [1.807, 2.05) is 13.8 Å². The van der Waals surface area contributed by atoms with Crippen LogP contribution in [0.4, 0.5) is 10.1 Å². The highest BCUT2D eigenvalue weighted by molar-refractivity contribution is 7.89. The van der Waals surface area contributed by atoms with E-state index in [0.29, 0.717) is 0 Å². The lowest BCUT2D eigenvalue weighted by Crippen LogP contribution is -2.38. The lowest BCUT2D eigenvalue weighted by atomic mass is 10.1. The molecule has 1 unspecified atom stereocenters. The summed E-state index contributed by atoms with van der Waals surface area (Å²) in [4.78, 5) is -0.183. The van der Waals surface area contributed by atoms with Crippen molar-refractivity contribution in [2.45, 2.75) is 31.7 Å². The lowest BCUT2D eigenvalue weighted by molar-refractivity contribution is 0.316. The van der Waals surface area contributed by atoms with E-state index in [9.17, 15) is 12.8 Å². The SMILES string of the molecule is CC(C)C(C)N(C)S(=O)(=O)c1cccc(F)c1N. The zero-order valence-corrected chi connectivity index (χ0v) is 11.8. The fraction of sp³-hybridized carbons (Fsp3) is 0.500. The van der Waals surface area contributed by atoms with E-state index in [-0.39, 0.29) is 22.5 Å². The largest absolute Gasteiger partial charge is 0.395 e. The maximum Gasteiger partial charge on any atom is 0.245 e. The number of halogens is 1. The zero-order valence-electron chi connectivity index (χ0n) is 11.0. The number of anilines is 1. The number of sulfonamides is 1. The van der Waals surface area contributed by atoms with Gasteiger partial charge in [-0.2, -0.15) is 4.31 Å². The van der Waals surface area contributed by atoms with Crippen molar-refractivity contribution in [2.75, 3.05) is 12.8 Å². The fourth-order valence-corrected chi connectivity index (χ4v) is 3.15. The van der Waals surface area contributed by atoms with Crippen LogP contribution < -0.4 is 5.73 Å². The molecule has 2 N–H and O–H groups in total. The Balaban J connectivity index is 3.26. The van der Waals surface area contributed by atoms with Crippen LogP contribution in [-0.4, -0.2) is 25.8 Å². The minimum Gasteiger partial charge on any atom is -0.395 e. The van der Waals surface area contributed by atoms with Crippen molar-refractivity contribution in [3.05, 3.63) is 24.0 Å². The zero-order chi connectivity index (χ0) is 14.1. The third-order valence-electron chi connectivity index (χ3n) is 3.21. The highest BCUT2D eigenvalue weighted by Gasteiger charge is 2.29. The number of rotatable bonds is 4. The van der Waals surface area contributed by atoms with Crippen molar-refractivity contribution < 1.29 is 12.8 Å². The average molecular weight is 274 g/mol. The average Bonchev–Trinajstić information content (AvgIpc) is 2.30. The van der Waals surface area contributed by atoms with Crippen LogP contribution in [0.1, 0.15) is 20.8 Å². The quantitative estimate of drug-likeness (QED) is 0.855. The molecule has 1 aromatic rings. The van der Waals surface area contributed by atoms with Gasteiger partial charge in [-0.25, -0.2) is 12.8 Å². The predicted molar refractivity (Wildman–Crippen MR) is 70.1 cm³/mol. The first-order chi connectivity index (χ1) is 8.19. The molecule has 0 fully saturated rings. The summed E-state index contributed by atoms with van der Waals surface area (Å²) in [5.74, 6) is -0.568. The number of nitrogens with two attached hydrogens (primary N) is 1. The van der Waals surface area contributed by atoms with Crippen LogP contribution in [0.15, 0.2) is 23.1 Å². The summed E-state index contributed by atoms with van der Waals surface area (Å²) in [5.41, 5.74) is 5.17. The molecular weight excluding hydrogens is 255 g/mol. The summed E-state index contributed by atoms with van der Waals surface area (Å²) in [7, 11) is -2.29. The van der Waals surface area contributed by atoms with E-state index in [0.717, 1.165) is 6.07 Å². The van der Waals surface area contributed by atoms with Gasteiger partial charge in [-0.05, 0) is 25.0 Å². The van der Waals surface area contributed by atoms with E-state index < -0.39 is 15.8 Å². The summed E-state index contributed by atoms with van der Waals surface area (Å²) in [5, 5.41) is 0. The molecule has 6 heteroatoms. The Morgan fingerprint density at radius 2 is 1.83 bits per heavy atom. The van der Waals surface area contributed by atoms with Crippen molar-refractivity contribution in [3.8, 4) is 0 Å².